The number of nitrogens with one attached hydrogen (secondary N) is 2. The average Bonchev–Trinajstić information content (AvgIpc) is 2.68. The minimum Gasteiger partial charge on any atom is -0.355 e. The standard InChI is InChI=1S/C19H19N5O3/c1-12-13(18(26)20-2)7-5-9-15(12)21-17(25)10-11-24-19(27)14-6-3-4-8-16(14)22-23-24/h3-9H,10-11H2,1-2H3,(H,20,26)(H,21,25). The zero-order valence-corrected chi connectivity index (χ0v) is 15.0. The van der Waals surface area contributed by atoms with Crippen LogP contribution in [0.4, 0.5) is 5.69 Å². The first-order valence-electron chi connectivity index (χ1n) is 8.45. The van der Waals surface area contributed by atoms with Crippen LogP contribution in [-0.2, 0) is 11.3 Å². The van der Waals surface area contributed by atoms with Crippen LogP contribution in [-0.4, -0.2) is 33.9 Å². The van der Waals surface area contributed by atoms with Crippen LogP contribution in [0.1, 0.15) is 22.3 Å². The molecule has 0 aliphatic heterocycles. The number of aromatic nitrogens is 3. The fourth-order valence-electron chi connectivity index (χ4n) is 2.74. The molecule has 0 spiro atoms. The topological polar surface area (TPSA) is 106 Å². The van der Waals surface area contributed by atoms with Crippen molar-refractivity contribution in [3.05, 3.63) is 63.9 Å². The highest BCUT2D eigenvalue weighted by atomic mass is 16.2. The molecule has 8 nitrogen and oxygen atoms in total. The van der Waals surface area contributed by atoms with Crippen molar-refractivity contribution >= 4 is 28.4 Å². The lowest BCUT2D eigenvalue weighted by atomic mass is 10.1. The largest absolute Gasteiger partial charge is 0.355 e. The first kappa shape index (κ1) is 18.2. The summed E-state index contributed by atoms with van der Waals surface area (Å²) in [7, 11) is 1.55. The summed E-state index contributed by atoms with van der Waals surface area (Å²) in [5.41, 5.74) is 1.95. The van der Waals surface area contributed by atoms with E-state index in [4.69, 9.17) is 0 Å². The van der Waals surface area contributed by atoms with Crippen molar-refractivity contribution in [2.45, 2.75) is 19.9 Å². The number of amides is 2. The van der Waals surface area contributed by atoms with Gasteiger partial charge in [-0.15, -0.1) is 5.10 Å². The molecule has 0 bridgehead atoms. The Morgan fingerprint density at radius 2 is 1.89 bits per heavy atom. The monoisotopic (exact) mass is 365 g/mol. The van der Waals surface area contributed by atoms with Crippen molar-refractivity contribution in [2.24, 2.45) is 0 Å². The van der Waals surface area contributed by atoms with E-state index in [2.05, 4.69) is 20.9 Å². The second kappa shape index (κ2) is 7.77. The third-order valence-corrected chi connectivity index (χ3v) is 4.26. The zero-order chi connectivity index (χ0) is 19.4. The molecule has 0 saturated carbocycles. The van der Waals surface area contributed by atoms with Crippen molar-refractivity contribution < 1.29 is 9.59 Å². The molecule has 138 valence electrons. The van der Waals surface area contributed by atoms with Gasteiger partial charge in [-0.05, 0) is 36.8 Å². The lowest BCUT2D eigenvalue weighted by Crippen LogP contribution is -2.26. The molecule has 2 amide bonds. The van der Waals surface area contributed by atoms with Crippen LogP contribution < -0.4 is 16.2 Å². The summed E-state index contributed by atoms with van der Waals surface area (Å²) in [5, 5.41) is 13.7. The van der Waals surface area contributed by atoms with Crippen LogP contribution >= 0.6 is 0 Å². The Balaban J connectivity index is 1.72. The van der Waals surface area contributed by atoms with E-state index in [9.17, 15) is 14.4 Å². The van der Waals surface area contributed by atoms with E-state index in [0.29, 0.717) is 27.7 Å². The van der Waals surface area contributed by atoms with Crippen LogP contribution in [0.3, 0.4) is 0 Å². The molecule has 3 rings (SSSR count). The summed E-state index contributed by atoms with van der Waals surface area (Å²) in [5.74, 6) is -0.504. The molecule has 0 atom stereocenters. The number of carbonyl (C=O) groups is 2. The summed E-state index contributed by atoms with van der Waals surface area (Å²) in [6.45, 7) is 1.87. The predicted octanol–water partition coefficient (Wildman–Crippen LogP) is 1.49. The van der Waals surface area contributed by atoms with Gasteiger partial charge in [-0.25, -0.2) is 4.68 Å². The average molecular weight is 365 g/mol. The highest BCUT2D eigenvalue weighted by molar-refractivity contribution is 5.99. The number of rotatable bonds is 5. The molecule has 2 aromatic carbocycles. The van der Waals surface area contributed by atoms with E-state index in [1.807, 2.05) is 0 Å². The number of nitrogens with zero attached hydrogens (tertiary/aromatic N) is 3. The quantitative estimate of drug-likeness (QED) is 0.712. The van der Waals surface area contributed by atoms with Crippen LogP contribution in [0.15, 0.2) is 47.3 Å². The van der Waals surface area contributed by atoms with Gasteiger partial charge in [-0.1, -0.05) is 23.4 Å². The second-order valence-electron chi connectivity index (χ2n) is 5.99. The van der Waals surface area contributed by atoms with Gasteiger partial charge in [0.1, 0.15) is 5.52 Å². The fourth-order valence-corrected chi connectivity index (χ4v) is 2.74. The van der Waals surface area contributed by atoms with Crippen molar-refractivity contribution in [3.63, 3.8) is 0 Å². The van der Waals surface area contributed by atoms with Gasteiger partial charge < -0.3 is 10.6 Å². The SMILES string of the molecule is CNC(=O)c1cccc(NC(=O)CCn2nnc3ccccc3c2=O)c1C. The van der Waals surface area contributed by atoms with Crippen molar-refractivity contribution in [1.29, 1.82) is 0 Å². The Morgan fingerprint density at radius 3 is 2.67 bits per heavy atom. The zero-order valence-electron chi connectivity index (χ0n) is 15.0. The summed E-state index contributed by atoms with van der Waals surface area (Å²) in [6, 6.07) is 12.0. The first-order valence-corrected chi connectivity index (χ1v) is 8.45. The minimum absolute atomic E-state index is 0.0522. The first-order chi connectivity index (χ1) is 13.0. The van der Waals surface area contributed by atoms with Gasteiger partial charge in [0, 0.05) is 24.7 Å². The number of hydrogen-bond acceptors (Lipinski definition) is 5. The number of aryl methyl sites for hydroxylation is 1. The highest BCUT2D eigenvalue weighted by Crippen LogP contribution is 2.19. The van der Waals surface area contributed by atoms with Gasteiger partial charge in [-0.3, -0.25) is 14.4 Å². The lowest BCUT2D eigenvalue weighted by molar-refractivity contribution is -0.116. The molecule has 0 radical (unpaired) electrons. The van der Waals surface area contributed by atoms with Crippen molar-refractivity contribution in [1.82, 2.24) is 20.3 Å². The van der Waals surface area contributed by atoms with E-state index < -0.39 is 0 Å². The van der Waals surface area contributed by atoms with E-state index in [1.54, 1.807) is 56.4 Å². The Labute approximate surface area is 155 Å². The van der Waals surface area contributed by atoms with Crippen molar-refractivity contribution in [2.75, 3.05) is 12.4 Å². The van der Waals surface area contributed by atoms with E-state index >= 15 is 0 Å². The lowest BCUT2D eigenvalue weighted by Gasteiger charge is -2.12. The third kappa shape index (κ3) is 3.84. The molecule has 0 aliphatic rings. The molecule has 2 N–H and O–H groups in total. The summed E-state index contributed by atoms with van der Waals surface area (Å²) in [6.07, 6.45) is 0.0522. The summed E-state index contributed by atoms with van der Waals surface area (Å²) in [4.78, 5) is 36.5. The number of anilines is 1. The molecule has 0 fully saturated rings. The van der Waals surface area contributed by atoms with Crippen LogP contribution in [0.5, 0.6) is 0 Å². The molecule has 0 aliphatic carbocycles. The molecule has 27 heavy (non-hydrogen) atoms. The molecule has 0 saturated heterocycles. The molecule has 1 heterocycles. The van der Waals surface area contributed by atoms with Crippen LogP contribution in [0.2, 0.25) is 0 Å². The second-order valence-corrected chi connectivity index (χ2v) is 5.99. The Morgan fingerprint density at radius 1 is 1.11 bits per heavy atom. The van der Waals surface area contributed by atoms with Crippen LogP contribution in [0, 0.1) is 6.92 Å². The summed E-state index contributed by atoms with van der Waals surface area (Å²) >= 11 is 0. The maximum Gasteiger partial charge on any atom is 0.277 e. The van der Waals surface area contributed by atoms with Gasteiger partial charge >= 0.3 is 0 Å². The van der Waals surface area contributed by atoms with Gasteiger partial charge in [0.15, 0.2) is 0 Å². The maximum absolute atomic E-state index is 12.4. The number of fused-ring (bicyclic) bond motifs is 1. The number of benzene rings is 2. The Bertz CT molecular complexity index is 1070. The number of hydrogen-bond donors (Lipinski definition) is 2. The normalized spacial score (nSPS) is 10.6. The van der Waals surface area contributed by atoms with Gasteiger partial charge in [-0.2, -0.15) is 0 Å². The van der Waals surface area contributed by atoms with Gasteiger partial charge in [0.25, 0.3) is 11.5 Å². The minimum atomic E-state index is -0.286. The Kier molecular flexibility index (Phi) is 5.25. The van der Waals surface area contributed by atoms with Gasteiger partial charge in [0.2, 0.25) is 5.91 Å². The van der Waals surface area contributed by atoms with E-state index in [0.717, 1.165) is 0 Å². The molecule has 0 unspecified atom stereocenters. The third-order valence-electron chi connectivity index (χ3n) is 4.26. The molecular weight excluding hydrogens is 346 g/mol. The predicted molar refractivity (Wildman–Crippen MR) is 102 cm³/mol. The van der Waals surface area contributed by atoms with E-state index in [-0.39, 0.29) is 30.3 Å². The molecule has 1 aromatic heterocycles. The molecule has 3 aromatic rings. The highest BCUT2D eigenvalue weighted by Gasteiger charge is 2.13. The van der Waals surface area contributed by atoms with E-state index in [1.165, 1.54) is 4.68 Å². The summed E-state index contributed by atoms with van der Waals surface area (Å²) < 4.78 is 1.18. The van der Waals surface area contributed by atoms with Crippen LogP contribution in [0.25, 0.3) is 10.9 Å². The molecule has 8 heteroatoms. The smallest absolute Gasteiger partial charge is 0.277 e. The Hall–Kier alpha value is -3.55. The number of carbonyl (C=O) groups excluding carboxylic acids is 2. The maximum atomic E-state index is 12.4. The molecular formula is C19H19N5O3. The van der Waals surface area contributed by atoms with Gasteiger partial charge in [0.05, 0.1) is 11.9 Å². The van der Waals surface area contributed by atoms with Crippen molar-refractivity contribution in [3.8, 4) is 0 Å². The fraction of sp³-hybridized carbons (Fsp3) is 0.211.